The van der Waals surface area contributed by atoms with Crippen molar-refractivity contribution < 1.29 is 13.2 Å². The van der Waals surface area contributed by atoms with E-state index < -0.39 is 10.0 Å². The summed E-state index contributed by atoms with van der Waals surface area (Å²) in [7, 11) is -3.42. The fraction of sp³-hybridized carbons (Fsp3) is 0.200. The number of aromatic nitrogens is 2. The van der Waals surface area contributed by atoms with E-state index >= 15 is 0 Å². The van der Waals surface area contributed by atoms with Gasteiger partial charge in [-0.15, -0.1) is 0 Å². The Hall–Kier alpha value is -3.13. The number of para-hydroxylation sites is 1. The number of carbonyl (C=O) groups is 1. The Morgan fingerprint density at radius 1 is 1.11 bits per heavy atom. The normalized spacial score (nSPS) is 11.2. The summed E-state index contributed by atoms with van der Waals surface area (Å²) in [5.74, 6) is 0.584. The smallest absolute Gasteiger partial charge is 0.251 e. The average Bonchev–Trinajstić information content (AvgIpc) is 3.06. The lowest BCUT2D eigenvalue weighted by Gasteiger charge is -2.14. The minimum atomic E-state index is -3.42. The van der Waals surface area contributed by atoms with E-state index in [1.807, 2.05) is 42.0 Å². The van der Waals surface area contributed by atoms with Crippen LogP contribution < -0.4 is 10.0 Å². The Bertz CT molecular complexity index is 1120. The number of hydrogen-bond acceptors (Lipinski definition) is 4. The summed E-state index contributed by atoms with van der Waals surface area (Å²) in [6.07, 6.45) is 4.68. The number of imidazole rings is 1. The van der Waals surface area contributed by atoms with E-state index in [1.54, 1.807) is 31.3 Å². The van der Waals surface area contributed by atoms with E-state index in [0.29, 0.717) is 23.4 Å². The highest BCUT2D eigenvalue weighted by atomic mass is 32.2. The van der Waals surface area contributed by atoms with Crippen LogP contribution in [0, 0.1) is 13.8 Å². The van der Waals surface area contributed by atoms with Crippen molar-refractivity contribution in [1.82, 2.24) is 14.9 Å². The third-order valence-corrected chi connectivity index (χ3v) is 4.98. The Morgan fingerprint density at radius 2 is 1.86 bits per heavy atom. The lowest BCUT2D eigenvalue weighted by Crippen LogP contribution is -2.25. The van der Waals surface area contributed by atoms with Gasteiger partial charge in [-0.1, -0.05) is 24.3 Å². The van der Waals surface area contributed by atoms with E-state index in [4.69, 9.17) is 0 Å². The molecular weight excluding hydrogens is 376 g/mol. The van der Waals surface area contributed by atoms with Gasteiger partial charge < -0.3 is 9.88 Å². The van der Waals surface area contributed by atoms with Gasteiger partial charge in [-0.25, -0.2) is 13.4 Å². The largest absolute Gasteiger partial charge is 0.348 e. The number of anilines is 1. The highest BCUT2D eigenvalue weighted by molar-refractivity contribution is 7.92. The van der Waals surface area contributed by atoms with Crippen LogP contribution in [0.4, 0.5) is 5.69 Å². The van der Waals surface area contributed by atoms with E-state index in [2.05, 4.69) is 15.0 Å². The molecule has 146 valence electrons. The standard InChI is InChI=1S/C20H22N4O3S/c1-14-17(8-6-9-18(14)23-28(3,26)27)20(25)22-13-16-7-4-5-10-19(16)24-12-11-21-15(24)2/h4-12,23H,13H2,1-3H3,(H,22,25). The molecule has 0 bridgehead atoms. The van der Waals surface area contributed by atoms with Crippen LogP contribution in [-0.4, -0.2) is 30.1 Å². The third-order valence-electron chi connectivity index (χ3n) is 4.39. The zero-order valence-electron chi connectivity index (χ0n) is 15.9. The topological polar surface area (TPSA) is 93.1 Å². The first-order valence-corrected chi connectivity index (χ1v) is 10.6. The van der Waals surface area contributed by atoms with Crippen LogP contribution in [-0.2, 0) is 16.6 Å². The van der Waals surface area contributed by atoms with Crippen molar-refractivity contribution in [3.05, 3.63) is 77.4 Å². The van der Waals surface area contributed by atoms with Gasteiger partial charge in [-0.05, 0) is 43.2 Å². The molecule has 3 rings (SSSR count). The molecule has 0 radical (unpaired) electrons. The lowest BCUT2D eigenvalue weighted by atomic mass is 10.1. The second kappa shape index (κ2) is 7.85. The van der Waals surface area contributed by atoms with Crippen molar-refractivity contribution in [3.63, 3.8) is 0 Å². The summed E-state index contributed by atoms with van der Waals surface area (Å²) in [4.78, 5) is 17.0. The molecule has 2 N–H and O–H groups in total. The first-order valence-electron chi connectivity index (χ1n) is 8.70. The summed E-state index contributed by atoms with van der Waals surface area (Å²) >= 11 is 0. The zero-order chi connectivity index (χ0) is 20.3. The average molecular weight is 398 g/mol. The monoisotopic (exact) mass is 398 g/mol. The summed E-state index contributed by atoms with van der Waals surface area (Å²) in [6, 6.07) is 12.7. The Labute approximate surface area is 164 Å². The summed E-state index contributed by atoms with van der Waals surface area (Å²) in [5.41, 5.74) is 3.28. The molecule has 8 heteroatoms. The number of amides is 1. The van der Waals surface area contributed by atoms with Crippen molar-refractivity contribution in [2.45, 2.75) is 20.4 Å². The number of aryl methyl sites for hydroxylation is 1. The van der Waals surface area contributed by atoms with Gasteiger partial charge in [0, 0.05) is 24.5 Å². The molecule has 0 aliphatic carbocycles. The molecule has 0 aliphatic heterocycles. The number of sulfonamides is 1. The van der Waals surface area contributed by atoms with Gasteiger partial charge in [0.2, 0.25) is 10.0 Å². The molecule has 0 spiro atoms. The molecule has 0 saturated heterocycles. The Morgan fingerprint density at radius 3 is 2.54 bits per heavy atom. The molecule has 0 saturated carbocycles. The highest BCUT2D eigenvalue weighted by Gasteiger charge is 2.14. The second-order valence-corrected chi connectivity index (χ2v) is 8.26. The quantitative estimate of drug-likeness (QED) is 0.668. The molecule has 1 amide bonds. The maximum atomic E-state index is 12.7. The number of hydrogen-bond donors (Lipinski definition) is 2. The highest BCUT2D eigenvalue weighted by Crippen LogP contribution is 2.21. The van der Waals surface area contributed by atoms with Gasteiger partial charge in [-0.3, -0.25) is 9.52 Å². The summed E-state index contributed by atoms with van der Waals surface area (Å²) < 4.78 is 27.4. The van der Waals surface area contributed by atoms with Crippen LogP contribution in [0.25, 0.3) is 5.69 Å². The third kappa shape index (κ3) is 4.40. The van der Waals surface area contributed by atoms with Crippen LogP contribution in [0.1, 0.15) is 27.3 Å². The minimum Gasteiger partial charge on any atom is -0.348 e. The first kappa shape index (κ1) is 19.6. The molecule has 0 unspecified atom stereocenters. The number of nitrogens with one attached hydrogen (secondary N) is 2. The number of rotatable bonds is 6. The fourth-order valence-electron chi connectivity index (χ4n) is 2.99. The van der Waals surface area contributed by atoms with Gasteiger partial charge in [0.1, 0.15) is 5.82 Å². The molecule has 7 nitrogen and oxygen atoms in total. The lowest BCUT2D eigenvalue weighted by molar-refractivity contribution is 0.0950. The molecule has 0 aliphatic rings. The van der Waals surface area contributed by atoms with Crippen molar-refractivity contribution in [2.24, 2.45) is 0 Å². The van der Waals surface area contributed by atoms with Gasteiger partial charge in [0.15, 0.2) is 0 Å². The summed E-state index contributed by atoms with van der Waals surface area (Å²) in [5, 5.41) is 2.92. The molecule has 3 aromatic rings. The number of carbonyl (C=O) groups excluding carboxylic acids is 1. The number of benzene rings is 2. The van der Waals surface area contributed by atoms with Crippen molar-refractivity contribution >= 4 is 21.6 Å². The van der Waals surface area contributed by atoms with Crippen LogP contribution in [0.5, 0.6) is 0 Å². The van der Waals surface area contributed by atoms with Crippen molar-refractivity contribution in [1.29, 1.82) is 0 Å². The van der Waals surface area contributed by atoms with E-state index in [1.165, 1.54) is 0 Å². The van der Waals surface area contributed by atoms with Gasteiger partial charge in [-0.2, -0.15) is 0 Å². The summed E-state index contributed by atoms with van der Waals surface area (Å²) in [6.45, 7) is 3.96. The molecule has 28 heavy (non-hydrogen) atoms. The maximum Gasteiger partial charge on any atom is 0.251 e. The zero-order valence-corrected chi connectivity index (χ0v) is 16.7. The van der Waals surface area contributed by atoms with E-state index in [9.17, 15) is 13.2 Å². The van der Waals surface area contributed by atoms with Crippen LogP contribution in [0.2, 0.25) is 0 Å². The van der Waals surface area contributed by atoms with E-state index in [0.717, 1.165) is 23.3 Å². The Balaban J connectivity index is 1.81. The van der Waals surface area contributed by atoms with Crippen molar-refractivity contribution in [3.8, 4) is 5.69 Å². The van der Waals surface area contributed by atoms with Crippen LogP contribution >= 0.6 is 0 Å². The minimum absolute atomic E-state index is 0.271. The SMILES string of the molecule is Cc1c(NS(C)(=O)=O)cccc1C(=O)NCc1ccccc1-n1ccnc1C. The van der Waals surface area contributed by atoms with E-state index in [-0.39, 0.29) is 5.91 Å². The predicted molar refractivity (Wildman–Crippen MR) is 109 cm³/mol. The number of nitrogens with zero attached hydrogens (tertiary/aromatic N) is 2. The van der Waals surface area contributed by atoms with Crippen molar-refractivity contribution in [2.75, 3.05) is 11.0 Å². The molecular formula is C20H22N4O3S. The molecule has 1 aromatic heterocycles. The predicted octanol–water partition coefficient (Wildman–Crippen LogP) is 2.79. The van der Waals surface area contributed by atoms with Gasteiger partial charge in [0.05, 0.1) is 17.6 Å². The molecule has 2 aromatic carbocycles. The fourth-order valence-corrected chi connectivity index (χ4v) is 3.61. The Kier molecular flexibility index (Phi) is 5.51. The second-order valence-electron chi connectivity index (χ2n) is 6.51. The van der Waals surface area contributed by atoms with Gasteiger partial charge in [0.25, 0.3) is 5.91 Å². The first-order chi connectivity index (χ1) is 13.3. The van der Waals surface area contributed by atoms with Gasteiger partial charge >= 0.3 is 0 Å². The maximum absolute atomic E-state index is 12.7. The van der Waals surface area contributed by atoms with Crippen LogP contribution in [0.15, 0.2) is 54.9 Å². The van der Waals surface area contributed by atoms with Crippen LogP contribution in [0.3, 0.4) is 0 Å². The molecule has 0 fully saturated rings. The molecule has 1 heterocycles. The molecule has 0 atom stereocenters.